The number of ether oxygens (including phenoxy) is 2. The van der Waals surface area contributed by atoms with E-state index in [0.717, 1.165) is 25.8 Å². The molecular formula is C15H20ClNO3. The lowest BCUT2D eigenvalue weighted by molar-refractivity contribution is 0.0638. The van der Waals surface area contributed by atoms with Gasteiger partial charge in [-0.2, -0.15) is 0 Å². The second-order valence-corrected chi connectivity index (χ2v) is 5.18. The molecule has 5 heteroatoms. The van der Waals surface area contributed by atoms with E-state index in [1.54, 1.807) is 32.4 Å². The Balaban J connectivity index is 2.23. The van der Waals surface area contributed by atoms with Crippen LogP contribution in [0.5, 0.6) is 11.5 Å². The monoisotopic (exact) mass is 297 g/mol. The van der Waals surface area contributed by atoms with Gasteiger partial charge in [-0.05, 0) is 37.5 Å². The van der Waals surface area contributed by atoms with Crippen LogP contribution in [0.1, 0.15) is 29.6 Å². The minimum Gasteiger partial charge on any atom is -0.493 e. The molecule has 0 N–H and O–H groups in total. The number of carbonyl (C=O) groups excluding carboxylic acids is 1. The van der Waals surface area contributed by atoms with E-state index in [9.17, 15) is 4.79 Å². The Kier molecular flexibility index (Phi) is 5.12. The van der Waals surface area contributed by atoms with Crippen molar-refractivity contribution in [3.63, 3.8) is 0 Å². The van der Waals surface area contributed by atoms with Gasteiger partial charge >= 0.3 is 0 Å². The molecule has 0 spiro atoms. The van der Waals surface area contributed by atoms with Gasteiger partial charge in [0.2, 0.25) is 0 Å². The van der Waals surface area contributed by atoms with E-state index in [-0.39, 0.29) is 11.9 Å². The van der Waals surface area contributed by atoms with Crippen molar-refractivity contribution in [3.8, 4) is 11.5 Å². The van der Waals surface area contributed by atoms with Crippen LogP contribution in [0.3, 0.4) is 0 Å². The average molecular weight is 298 g/mol. The minimum atomic E-state index is 0.0105. The maximum Gasteiger partial charge on any atom is 0.254 e. The normalized spacial score (nSPS) is 18.8. The van der Waals surface area contributed by atoms with Gasteiger partial charge in [0.25, 0.3) is 5.91 Å². The van der Waals surface area contributed by atoms with Gasteiger partial charge in [0.1, 0.15) is 0 Å². The Labute approximate surface area is 124 Å². The molecule has 1 aromatic rings. The SMILES string of the molecule is COc1ccc(C(=O)N2CCCCC2CCl)cc1OC. The standard InChI is InChI=1S/C15H20ClNO3/c1-19-13-7-6-11(9-14(13)20-2)15(18)17-8-4-3-5-12(17)10-16/h6-7,9,12H,3-5,8,10H2,1-2H3. The molecular weight excluding hydrogens is 278 g/mol. The van der Waals surface area contributed by atoms with Crippen molar-refractivity contribution in [1.82, 2.24) is 4.90 Å². The van der Waals surface area contributed by atoms with Crippen molar-refractivity contribution in [2.24, 2.45) is 0 Å². The van der Waals surface area contributed by atoms with Gasteiger partial charge in [0.15, 0.2) is 11.5 Å². The first-order chi connectivity index (χ1) is 9.71. The zero-order chi connectivity index (χ0) is 14.5. The molecule has 1 heterocycles. The molecule has 2 rings (SSSR count). The lowest BCUT2D eigenvalue weighted by Crippen LogP contribution is -2.44. The fraction of sp³-hybridized carbons (Fsp3) is 0.533. The zero-order valence-corrected chi connectivity index (χ0v) is 12.7. The van der Waals surface area contributed by atoms with Crippen LogP contribution in [-0.2, 0) is 0 Å². The predicted octanol–water partition coefficient (Wildman–Crippen LogP) is 2.94. The van der Waals surface area contributed by atoms with E-state index in [0.29, 0.717) is 22.9 Å². The van der Waals surface area contributed by atoms with Gasteiger partial charge in [0, 0.05) is 24.0 Å². The van der Waals surface area contributed by atoms with E-state index < -0.39 is 0 Å². The number of likely N-dealkylation sites (tertiary alicyclic amines) is 1. The second-order valence-electron chi connectivity index (χ2n) is 4.87. The maximum absolute atomic E-state index is 12.6. The van der Waals surface area contributed by atoms with Gasteiger partial charge in [-0.3, -0.25) is 4.79 Å². The maximum atomic E-state index is 12.6. The second kappa shape index (κ2) is 6.84. The molecule has 1 amide bonds. The Morgan fingerprint density at radius 1 is 1.30 bits per heavy atom. The number of amides is 1. The van der Waals surface area contributed by atoms with Gasteiger partial charge in [-0.15, -0.1) is 11.6 Å². The van der Waals surface area contributed by atoms with E-state index >= 15 is 0 Å². The molecule has 1 fully saturated rings. The summed E-state index contributed by atoms with van der Waals surface area (Å²) in [5, 5.41) is 0. The van der Waals surface area contributed by atoms with Crippen LogP contribution < -0.4 is 9.47 Å². The quantitative estimate of drug-likeness (QED) is 0.802. The zero-order valence-electron chi connectivity index (χ0n) is 11.9. The van der Waals surface area contributed by atoms with E-state index in [2.05, 4.69) is 0 Å². The first kappa shape index (κ1) is 15.0. The van der Waals surface area contributed by atoms with Crippen LogP contribution in [0, 0.1) is 0 Å². The van der Waals surface area contributed by atoms with Gasteiger partial charge in [-0.1, -0.05) is 0 Å². The third kappa shape index (κ3) is 3.01. The largest absolute Gasteiger partial charge is 0.493 e. The molecule has 1 saturated heterocycles. The Morgan fingerprint density at radius 3 is 2.70 bits per heavy atom. The Hall–Kier alpha value is -1.42. The number of alkyl halides is 1. The molecule has 0 bridgehead atoms. The minimum absolute atomic E-state index is 0.0105. The predicted molar refractivity (Wildman–Crippen MR) is 78.9 cm³/mol. The first-order valence-corrected chi connectivity index (χ1v) is 7.33. The smallest absolute Gasteiger partial charge is 0.254 e. The van der Waals surface area contributed by atoms with Crippen molar-refractivity contribution in [3.05, 3.63) is 23.8 Å². The van der Waals surface area contributed by atoms with Crippen molar-refractivity contribution in [2.45, 2.75) is 25.3 Å². The number of piperidine rings is 1. The summed E-state index contributed by atoms with van der Waals surface area (Å²) in [5.74, 6) is 1.68. The van der Waals surface area contributed by atoms with E-state index in [4.69, 9.17) is 21.1 Å². The third-order valence-electron chi connectivity index (χ3n) is 3.70. The molecule has 1 aliphatic heterocycles. The van der Waals surface area contributed by atoms with Crippen molar-refractivity contribution < 1.29 is 14.3 Å². The van der Waals surface area contributed by atoms with Crippen molar-refractivity contribution in [2.75, 3.05) is 26.6 Å². The topological polar surface area (TPSA) is 38.8 Å². The Bertz CT molecular complexity index is 478. The van der Waals surface area contributed by atoms with E-state index in [1.807, 2.05) is 4.90 Å². The van der Waals surface area contributed by atoms with Crippen LogP contribution in [-0.4, -0.2) is 43.5 Å². The summed E-state index contributed by atoms with van der Waals surface area (Å²) in [6, 6.07) is 5.38. The summed E-state index contributed by atoms with van der Waals surface area (Å²) >= 11 is 5.97. The molecule has 1 aliphatic rings. The number of nitrogens with zero attached hydrogens (tertiary/aromatic N) is 1. The molecule has 110 valence electrons. The highest BCUT2D eigenvalue weighted by molar-refractivity contribution is 6.18. The van der Waals surface area contributed by atoms with Crippen LogP contribution in [0.15, 0.2) is 18.2 Å². The molecule has 1 unspecified atom stereocenters. The number of hydrogen-bond acceptors (Lipinski definition) is 3. The Morgan fingerprint density at radius 2 is 2.05 bits per heavy atom. The molecule has 0 aliphatic carbocycles. The molecule has 20 heavy (non-hydrogen) atoms. The fourth-order valence-corrected chi connectivity index (χ4v) is 2.88. The summed E-state index contributed by atoms with van der Waals surface area (Å²) in [4.78, 5) is 14.5. The van der Waals surface area contributed by atoms with Crippen molar-refractivity contribution >= 4 is 17.5 Å². The highest BCUT2D eigenvalue weighted by Crippen LogP contribution is 2.29. The lowest BCUT2D eigenvalue weighted by Gasteiger charge is -2.34. The summed E-state index contributed by atoms with van der Waals surface area (Å²) in [6.45, 7) is 0.768. The number of rotatable bonds is 4. The molecule has 0 saturated carbocycles. The molecule has 0 aromatic heterocycles. The number of benzene rings is 1. The number of hydrogen-bond donors (Lipinski definition) is 0. The van der Waals surface area contributed by atoms with Gasteiger partial charge in [-0.25, -0.2) is 0 Å². The molecule has 4 nitrogen and oxygen atoms in total. The van der Waals surface area contributed by atoms with Crippen LogP contribution in [0.2, 0.25) is 0 Å². The fourth-order valence-electron chi connectivity index (χ4n) is 2.56. The van der Waals surface area contributed by atoms with Crippen LogP contribution in [0.25, 0.3) is 0 Å². The highest BCUT2D eigenvalue weighted by Gasteiger charge is 2.27. The van der Waals surface area contributed by atoms with Crippen molar-refractivity contribution in [1.29, 1.82) is 0 Å². The molecule has 1 atom stereocenters. The molecule has 1 aromatic carbocycles. The third-order valence-corrected chi connectivity index (χ3v) is 4.05. The summed E-state index contributed by atoms with van der Waals surface area (Å²) in [6.07, 6.45) is 3.14. The number of carbonyl (C=O) groups is 1. The summed E-state index contributed by atoms with van der Waals surface area (Å²) < 4.78 is 10.4. The van der Waals surface area contributed by atoms with Crippen LogP contribution in [0.4, 0.5) is 0 Å². The number of halogens is 1. The first-order valence-electron chi connectivity index (χ1n) is 6.80. The average Bonchev–Trinajstić information content (AvgIpc) is 2.53. The van der Waals surface area contributed by atoms with E-state index in [1.165, 1.54) is 0 Å². The summed E-state index contributed by atoms with van der Waals surface area (Å²) in [7, 11) is 3.14. The number of methoxy groups -OCH3 is 2. The lowest BCUT2D eigenvalue weighted by atomic mass is 10.0. The summed E-state index contributed by atoms with van der Waals surface area (Å²) in [5.41, 5.74) is 0.611. The van der Waals surface area contributed by atoms with Crippen LogP contribution >= 0.6 is 11.6 Å². The highest BCUT2D eigenvalue weighted by atomic mass is 35.5. The van der Waals surface area contributed by atoms with Gasteiger partial charge in [0.05, 0.1) is 14.2 Å². The van der Waals surface area contributed by atoms with Gasteiger partial charge < -0.3 is 14.4 Å². The molecule has 0 radical (unpaired) electrons.